The largest absolute Gasteiger partial charge is 0.356 e. The average molecular weight is 240 g/mol. The van der Waals surface area contributed by atoms with Crippen LogP contribution in [0.3, 0.4) is 0 Å². The first-order chi connectivity index (χ1) is 8.00. The molecule has 0 aromatic heterocycles. The molecular weight excluding hydrogens is 216 g/mol. The lowest BCUT2D eigenvalue weighted by atomic mass is 9.92. The van der Waals surface area contributed by atoms with Crippen molar-refractivity contribution in [2.45, 2.75) is 52.5 Å². The second-order valence-electron chi connectivity index (χ2n) is 5.27. The van der Waals surface area contributed by atoms with Crippen molar-refractivity contribution in [2.24, 2.45) is 11.8 Å². The summed E-state index contributed by atoms with van der Waals surface area (Å²) in [7, 11) is 0. The van der Waals surface area contributed by atoms with Gasteiger partial charge in [0.25, 0.3) is 0 Å². The molecule has 1 aliphatic carbocycles. The SMILES string of the molecule is CC(C)C(=O)NCCC(C)C(=O)NC1CCC1. The fourth-order valence-corrected chi connectivity index (χ4v) is 1.64. The summed E-state index contributed by atoms with van der Waals surface area (Å²) >= 11 is 0. The highest BCUT2D eigenvalue weighted by Gasteiger charge is 2.22. The Morgan fingerprint density at radius 2 is 1.82 bits per heavy atom. The van der Waals surface area contributed by atoms with E-state index in [-0.39, 0.29) is 23.7 Å². The van der Waals surface area contributed by atoms with E-state index in [1.807, 2.05) is 20.8 Å². The Balaban J connectivity index is 2.12. The van der Waals surface area contributed by atoms with Gasteiger partial charge in [-0.25, -0.2) is 0 Å². The second kappa shape index (κ2) is 6.62. The summed E-state index contributed by atoms with van der Waals surface area (Å²) in [5.41, 5.74) is 0. The van der Waals surface area contributed by atoms with E-state index in [2.05, 4.69) is 10.6 Å². The molecule has 1 rings (SSSR count). The Hall–Kier alpha value is -1.06. The van der Waals surface area contributed by atoms with Crippen LogP contribution in [0.5, 0.6) is 0 Å². The minimum absolute atomic E-state index is 0.00843. The van der Waals surface area contributed by atoms with Crippen LogP contribution in [-0.4, -0.2) is 24.4 Å². The Morgan fingerprint density at radius 3 is 2.29 bits per heavy atom. The Labute approximate surface area is 104 Å². The first-order valence-electron chi connectivity index (χ1n) is 6.58. The first-order valence-corrected chi connectivity index (χ1v) is 6.58. The van der Waals surface area contributed by atoms with Gasteiger partial charge in [-0.2, -0.15) is 0 Å². The summed E-state index contributed by atoms with van der Waals surface area (Å²) in [4.78, 5) is 23.0. The summed E-state index contributed by atoms with van der Waals surface area (Å²) in [6.07, 6.45) is 4.16. The van der Waals surface area contributed by atoms with Gasteiger partial charge >= 0.3 is 0 Å². The van der Waals surface area contributed by atoms with E-state index in [0.29, 0.717) is 19.0 Å². The number of hydrogen-bond donors (Lipinski definition) is 2. The standard InChI is InChI=1S/C13H24N2O2/c1-9(2)12(16)14-8-7-10(3)13(17)15-11-5-4-6-11/h9-11H,4-8H2,1-3H3,(H,14,16)(H,15,17). The molecule has 1 aliphatic rings. The highest BCUT2D eigenvalue weighted by molar-refractivity contribution is 5.79. The number of hydrogen-bond acceptors (Lipinski definition) is 2. The highest BCUT2D eigenvalue weighted by Crippen LogP contribution is 2.18. The molecule has 0 aliphatic heterocycles. The lowest BCUT2D eigenvalue weighted by molar-refractivity contribution is -0.127. The molecule has 0 heterocycles. The molecule has 2 amide bonds. The van der Waals surface area contributed by atoms with E-state index in [4.69, 9.17) is 0 Å². The van der Waals surface area contributed by atoms with Gasteiger partial charge in [0.2, 0.25) is 11.8 Å². The van der Waals surface area contributed by atoms with Crippen molar-refractivity contribution in [2.75, 3.05) is 6.54 Å². The van der Waals surface area contributed by atoms with Crippen LogP contribution >= 0.6 is 0 Å². The number of carbonyl (C=O) groups excluding carboxylic acids is 2. The van der Waals surface area contributed by atoms with Crippen molar-refractivity contribution < 1.29 is 9.59 Å². The molecule has 4 heteroatoms. The van der Waals surface area contributed by atoms with E-state index in [1.165, 1.54) is 6.42 Å². The van der Waals surface area contributed by atoms with Crippen LogP contribution in [-0.2, 0) is 9.59 Å². The molecule has 4 nitrogen and oxygen atoms in total. The topological polar surface area (TPSA) is 58.2 Å². The lowest BCUT2D eigenvalue weighted by Crippen LogP contribution is -2.42. The van der Waals surface area contributed by atoms with Crippen LogP contribution in [0, 0.1) is 11.8 Å². The van der Waals surface area contributed by atoms with Gasteiger partial charge in [-0.3, -0.25) is 9.59 Å². The highest BCUT2D eigenvalue weighted by atomic mass is 16.2. The van der Waals surface area contributed by atoms with Crippen LogP contribution in [0.25, 0.3) is 0 Å². The molecule has 17 heavy (non-hydrogen) atoms. The molecule has 0 saturated heterocycles. The van der Waals surface area contributed by atoms with Crippen LogP contribution in [0.4, 0.5) is 0 Å². The number of carbonyl (C=O) groups is 2. The molecule has 98 valence electrons. The smallest absolute Gasteiger partial charge is 0.223 e. The summed E-state index contributed by atoms with van der Waals surface area (Å²) in [5.74, 6) is 0.155. The van der Waals surface area contributed by atoms with Crippen LogP contribution in [0.2, 0.25) is 0 Å². The van der Waals surface area contributed by atoms with E-state index >= 15 is 0 Å². The van der Waals surface area contributed by atoms with E-state index in [1.54, 1.807) is 0 Å². The molecule has 0 spiro atoms. The van der Waals surface area contributed by atoms with Gasteiger partial charge in [-0.1, -0.05) is 20.8 Å². The molecule has 0 aromatic carbocycles. The zero-order chi connectivity index (χ0) is 12.8. The molecule has 1 atom stereocenters. The maximum Gasteiger partial charge on any atom is 0.223 e. The molecule has 2 N–H and O–H groups in total. The van der Waals surface area contributed by atoms with Crippen LogP contribution < -0.4 is 10.6 Å². The first kappa shape index (κ1) is 14.0. The van der Waals surface area contributed by atoms with Gasteiger partial charge in [-0.15, -0.1) is 0 Å². The zero-order valence-corrected chi connectivity index (χ0v) is 11.1. The van der Waals surface area contributed by atoms with E-state index in [0.717, 1.165) is 12.8 Å². The number of nitrogens with one attached hydrogen (secondary N) is 2. The van der Waals surface area contributed by atoms with Crippen molar-refractivity contribution in [1.29, 1.82) is 0 Å². The molecule has 0 aromatic rings. The predicted octanol–water partition coefficient (Wildman–Crippen LogP) is 1.45. The van der Waals surface area contributed by atoms with E-state index < -0.39 is 0 Å². The monoisotopic (exact) mass is 240 g/mol. The fourth-order valence-electron chi connectivity index (χ4n) is 1.64. The van der Waals surface area contributed by atoms with Crippen LogP contribution in [0.1, 0.15) is 46.5 Å². The third kappa shape index (κ3) is 4.75. The maximum atomic E-state index is 11.7. The normalized spacial score (nSPS) is 17.4. The Kier molecular flexibility index (Phi) is 5.45. The van der Waals surface area contributed by atoms with Gasteiger partial charge in [0.15, 0.2) is 0 Å². The van der Waals surface area contributed by atoms with Gasteiger partial charge in [0, 0.05) is 24.4 Å². The minimum atomic E-state index is -0.0249. The third-order valence-electron chi connectivity index (χ3n) is 3.30. The quantitative estimate of drug-likeness (QED) is 0.738. The average Bonchev–Trinajstić information content (AvgIpc) is 2.22. The predicted molar refractivity (Wildman–Crippen MR) is 67.4 cm³/mol. The second-order valence-corrected chi connectivity index (χ2v) is 5.27. The minimum Gasteiger partial charge on any atom is -0.356 e. The van der Waals surface area contributed by atoms with Crippen molar-refractivity contribution in [3.8, 4) is 0 Å². The number of rotatable bonds is 6. The van der Waals surface area contributed by atoms with Gasteiger partial charge in [0.1, 0.15) is 0 Å². The molecular formula is C13H24N2O2. The lowest BCUT2D eigenvalue weighted by Gasteiger charge is -2.27. The van der Waals surface area contributed by atoms with Gasteiger partial charge in [0.05, 0.1) is 0 Å². The number of amides is 2. The summed E-state index contributed by atoms with van der Waals surface area (Å²) in [6.45, 7) is 6.22. The van der Waals surface area contributed by atoms with Gasteiger partial charge < -0.3 is 10.6 Å². The van der Waals surface area contributed by atoms with E-state index in [9.17, 15) is 9.59 Å². The maximum absolute atomic E-state index is 11.7. The fraction of sp³-hybridized carbons (Fsp3) is 0.846. The Bertz CT molecular complexity index is 273. The van der Waals surface area contributed by atoms with Crippen LogP contribution in [0.15, 0.2) is 0 Å². The zero-order valence-electron chi connectivity index (χ0n) is 11.1. The summed E-state index contributed by atoms with van der Waals surface area (Å²) in [5, 5.41) is 5.86. The van der Waals surface area contributed by atoms with Crippen molar-refractivity contribution in [3.05, 3.63) is 0 Å². The molecule has 0 radical (unpaired) electrons. The van der Waals surface area contributed by atoms with Crippen molar-refractivity contribution in [3.63, 3.8) is 0 Å². The Morgan fingerprint density at radius 1 is 1.18 bits per heavy atom. The summed E-state index contributed by atoms with van der Waals surface area (Å²) < 4.78 is 0. The van der Waals surface area contributed by atoms with Gasteiger partial charge in [-0.05, 0) is 25.7 Å². The molecule has 1 unspecified atom stereocenters. The summed E-state index contributed by atoms with van der Waals surface area (Å²) in [6, 6.07) is 0.398. The molecule has 1 saturated carbocycles. The third-order valence-corrected chi connectivity index (χ3v) is 3.30. The molecule has 1 fully saturated rings. The van der Waals surface area contributed by atoms with Crippen molar-refractivity contribution >= 4 is 11.8 Å². The van der Waals surface area contributed by atoms with Crippen molar-refractivity contribution in [1.82, 2.24) is 10.6 Å². The molecule has 0 bridgehead atoms.